The lowest BCUT2D eigenvalue weighted by atomic mass is 10.1. The van der Waals surface area contributed by atoms with Crippen LogP contribution in [0.3, 0.4) is 0 Å². The average Bonchev–Trinajstić information content (AvgIpc) is 2.41. The van der Waals surface area contributed by atoms with Crippen molar-refractivity contribution < 1.29 is 9.53 Å². The lowest BCUT2D eigenvalue weighted by molar-refractivity contribution is -0.00285. The molecule has 0 aromatic heterocycles. The van der Waals surface area contributed by atoms with Gasteiger partial charge in [-0.1, -0.05) is 19.1 Å². The van der Waals surface area contributed by atoms with E-state index in [-0.39, 0.29) is 11.9 Å². The highest BCUT2D eigenvalue weighted by Crippen LogP contribution is 2.24. The summed E-state index contributed by atoms with van der Waals surface area (Å²) in [6.07, 6.45) is 0.926. The standard InChI is InChI=1S/C14H18BrNO2/c1-3-11-9-18-8-7-16(11)14(17)12-6-4-5-10(2)13(12)15/h4-6,11H,3,7-9H2,1-2H3. The molecule has 1 unspecified atom stereocenters. The van der Waals surface area contributed by atoms with Gasteiger partial charge in [-0.2, -0.15) is 0 Å². The highest BCUT2D eigenvalue weighted by molar-refractivity contribution is 9.10. The minimum absolute atomic E-state index is 0.0979. The molecule has 1 atom stereocenters. The Morgan fingerprint density at radius 3 is 3.06 bits per heavy atom. The molecule has 0 radical (unpaired) electrons. The zero-order valence-corrected chi connectivity index (χ0v) is 12.4. The number of carbonyl (C=O) groups is 1. The summed E-state index contributed by atoms with van der Waals surface area (Å²) in [4.78, 5) is 14.5. The number of amides is 1. The van der Waals surface area contributed by atoms with E-state index in [9.17, 15) is 4.79 Å². The Hall–Kier alpha value is -0.870. The fourth-order valence-electron chi connectivity index (χ4n) is 2.23. The van der Waals surface area contributed by atoms with E-state index in [1.165, 1.54) is 0 Å². The molecule has 1 saturated heterocycles. The number of morpholine rings is 1. The van der Waals surface area contributed by atoms with E-state index in [0.717, 1.165) is 22.0 Å². The van der Waals surface area contributed by atoms with Crippen LogP contribution in [-0.2, 0) is 4.74 Å². The Morgan fingerprint density at radius 1 is 1.56 bits per heavy atom. The number of nitrogens with zero attached hydrogens (tertiary/aromatic N) is 1. The normalized spacial score (nSPS) is 19.9. The number of carbonyl (C=O) groups excluding carboxylic acids is 1. The first-order valence-corrected chi connectivity index (χ1v) is 7.08. The number of hydrogen-bond donors (Lipinski definition) is 0. The van der Waals surface area contributed by atoms with Crippen molar-refractivity contribution in [2.75, 3.05) is 19.8 Å². The molecule has 1 aliphatic heterocycles. The molecule has 98 valence electrons. The first-order chi connectivity index (χ1) is 8.65. The maximum absolute atomic E-state index is 12.6. The summed E-state index contributed by atoms with van der Waals surface area (Å²) in [5.74, 6) is 0.0979. The topological polar surface area (TPSA) is 29.5 Å². The molecular weight excluding hydrogens is 294 g/mol. The molecule has 0 N–H and O–H groups in total. The van der Waals surface area contributed by atoms with E-state index >= 15 is 0 Å². The number of hydrogen-bond acceptors (Lipinski definition) is 2. The van der Waals surface area contributed by atoms with E-state index in [2.05, 4.69) is 22.9 Å². The predicted molar refractivity (Wildman–Crippen MR) is 74.8 cm³/mol. The Labute approximate surface area is 116 Å². The minimum Gasteiger partial charge on any atom is -0.377 e. The second-order valence-electron chi connectivity index (χ2n) is 4.57. The second kappa shape index (κ2) is 5.85. The third-order valence-electron chi connectivity index (χ3n) is 3.38. The van der Waals surface area contributed by atoms with Crippen LogP contribution in [0.4, 0.5) is 0 Å². The smallest absolute Gasteiger partial charge is 0.255 e. The highest BCUT2D eigenvalue weighted by atomic mass is 79.9. The lowest BCUT2D eigenvalue weighted by Gasteiger charge is -2.35. The van der Waals surface area contributed by atoms with Crippen molar-refractivity contribution in [1.82, 2.24) is 4.90 Å². The zero-order valence-electron chi connectivity index (χ0n) is 10.8. The third kappa shape index (κ3) is 2.59. The largest absolute Gasteiger partial charge is 0.377 e. The van der Waals surface area contributed by atoms with E-state index in [1.54, 1.807) is 0 Å². The Kier molecular flexibility index (Phi) is 4.40. The molecule has 1 aromatic rings. The molecule has 18 heavy (non-hydrogen) atoms. The molecule has 2 rings (SSSR count). The zero-order chi connectivity index (χ0) is 13.1. The summed E-state index contributed by atoms with van der Waals surface area (Å²) in [6.45, 7) is 6.04. The molecule has 1 aliphatic rings. The van der Waals surface area contributed by atoms with Gasteiger partial charge in [0.1, 0.15) is 0 Å². The number of aryl methyl sites for hydroxylation is 1. The van der Waals surface area contributed by atoms with Crippen LogP contribution in [0.25, 0.3) is 0 Å². The van der Waals surface area contributed by atoms with Gasteiger partial charge in [0.2, 0.25) is 0 Å². The Morgan fingerprint density at radius 2 is 2.33 bits per heavy atom. The van der Waals surface area contributed by atoms with Crippen molar-refractivity contribution in [3.63, 3.8) is 0 Å². The SMILES string of the molecule is CCC1COCCN1C(=O)c1cccc(C)c1Br. The molecule has 1 heterocycles. The second-order valence-corrected chi connectivity index (χ2v) is 5.36. The fraction of sp³-hybridized carbons (Fsp3) is 0.500. The van der Waals surface area contributed by atoms with Crippen molar-refractivity contribution in [1.29, 1.82) is 0 Å². The Balaban J connectivity index is 2.27. The summed E-state index contributed by atoms with van der Waals surface area (Å²) >= 11 is 3.51. The third-order valence-corrected chi connectivity index (χ3v) is 4.43. The Bertz CT molecular complexity index is 447. The molecule has 0 aliphatic carbocycles. The van der Waals surface area contributed by atoms with Crippen LogP contribution in [0.5, 0.6) is 0 Å². The molecule has 1 fully saturated rings. The molecule has 0 spiro atoms. The van der Waals surface area contributed by atoms with Crippen LogP contribution in [0.15, 0.2) is 22.7 Å². The van der Waals surface area contributed by atoms with Crippen LogP contribution in [0.1, 0.15) is 29.3 Å². The summed E-state index contributed by atoms with van der Waals surface area (Å²) in [5.41, 5.74) is 1.83. The molecule has 3 nitrogen and oxygen atoms in total. The van der Waals surface area contributed by atoms with Crippen molar-refractivity contribution in [2.24, 2.45) is 0 Å². The minimum atomic E-state index is 0.0979. The van der Waals surface area contributed by atoms with Gasteiger partial charge in [0.25, 0.3) is 5.91 Å². The molecule has 1 amide bonds. The summed E-state index contributed by atoms with van der Waals surface area (Å²) in [5, 5.41) is 0. The maximum Gasteiger partial charge on any atom is 0.255 e. The van der Waals surface area contributed by atoms with E-state index in [0.29, 0.717) is 19.8 Å². The average molecular weight is 312 g/mol. The monoisotopic (exact) mass is 311 g/mol. The molecular formula is C14H18BrNO2. The number of rotatable bonds is 2. The van der Waals surface area contributed by atoms with E-state index in [4.69, 9.17) is 4.74 Å². The van der Waals surface area contributed by atoms with Gasteiger partial charge in [-0.25, -0.2) is 0 Å². The van der Waals surface area contributed by atoms with Crippen LogP contribution < -0.4 is 0 Å². The van der Waals surface area contributed by atoms with Gasteiger partial charge in [0.15, 0.2) is 0 Å². The van der Waals surface area contributed by atoms with Crippen molar-refractivity contribution in [3.05, 3.63) is 33.8 Å². The molecule has 4 heteroatoms. The van der Waals surface area contributed by atoms with Crippen molar-refractivity contribution in [3.8, 4) is 0 Å². The van der Waals surface area contributed by atoms with Crippen molar-refractivity contribution in [2.45, 2.75) is 26.3 Å². The molecule has 0 bridgehead atoms. The van der Waals surface area contributed by atoms with Gasteiger partial charge in [-0.3, -0.25) is 4.79 Å². The number of halogens is 1. The lowest BCUT2D eigenvalue weighted by Crippen LogP contribution is -2.48. The first kappa shape index (κ1) is 13.6. The van der Waals surface area contributed by atoms with E-state index in [1.807, 2.05) is 30.0 Å². The molecule has 0 saturated carbocycles. The molecule has 1 aromatic carbocycles. The van der Waals surface area contributed by atoms with Crippen LogP contribution in [0.2, 0.25) is 0 Å². The summed E-state index contributed by atoms with van der Waals surface area (Å²) < 4.78 is 6.34. The number of ether oxygens (including phenoxy) is 1. The first-order valence-electron chi connectivity index (χ1n) is 6.29. The quantitative estimate of drug-likeness (QED) is 0.840. The van der Waals surface area contributed by atoms with Gasteiger partial charge in [0.05, 0.1) is 24.8 Å². The van der Waals surface area contributed by atoms with Gasteiger partial charge < -0.3 is 9.64 Å². The summed E-state index contributed by atoms with van der Waals surface area (Å²) in [6, 6.07) is 5.99. The van der Waals surface area contributed by atoms with E-state index < -0.39 is 0 Å². The summed E-state index contributed by atoms with van der Waals surface area (Å²) in [7, 11) is 0. The van der Waals surface area contributed by atoms with Crippen molar-refractivity contribution >= 4 is 21.8 Å². The van der Waals surface area contributed by atoms with Crippen LogP contribution >= 0.6 is 15.9 Å². The van der Waals surface area contributed by atoms with Crippen LogP contribution in [-0.4, -0.2) is 36.6 Å². The van der Waals surface area contributed by atoms with Gasteiger partial charge in [-0.15, -0.1) is 0 Å². The van der Waals surface area contributed by atoms with Gasteiger partial charge in [0, 0.05) is 11.0 Å². The maximum atomic E-state index is 12.6. The van der Waals surface area contributed by atoms with Gasteiger partial charge >= 0.3 is 0 Å². The fourth-order valence-corrected chi connectivity index (χ4v) is 2.66. The predicted octanol–water partition coefficient (Wildman–Crippen LogP) is 3.01. The van der Waals surface area contributed by atoms with Gasteiger partial charge in [-0.05, 0) is 40.9 Å². The number of benzene rings is 1. The van der Waals surface area contributed by atoms with Crippen LogP contribution in [0, 0.1) is 6.92 Å². The highest BCUT2D eigenvalue weighted by Gasteiger charge is 2.27.